The second kappa shape index (κ2) is 3.30. The molecule has 2 heterocycles. The first-order chi connectivity index (χ1) is 6.65. The van der Waals surface area contributed by atoms with Crippen LogP contribution in [0.2, 0.25) is 0 Å². The van der Waals surface area contributed by atoms with Gasteiger partial charge in [0.1, 0.15) is 5.82 Å². The zero-order valence-electron chi connectivity index (χ0n) is 7.68. The molecule has 1 aromatic rings. The van der Waals surface area contributed by atoms with Crippen LogP contribution in [0.5, 0.6) is 0 Å². The van der Waals surface area contributed by atoms with Crippen molar-refractivity contribution in [2.75, 3.05) is 18.8 Å². The highest BCUT2D eigenvalue weighted by Gasteiger charge is 2.19. The minimum Gasteiger partial charge on any atom is -0.480 e. The Morgan fingerprint density at radius 2 is 2.43 bits per heavy atom. The van der Waals surface area contributed by atoms with Crippen LogP contribution >= 0.6 is 0 Å². The maximum absolute atomic E-state index is 10.5. The Kier molecular flexibility index (Phi) is 2.12. The number of aliphatic carboxylic acids is 1. The van der Waals surface area contributed by atoms with Crippen molar-refractivity contribution >= 4 is 11.8 Å². The molecule has 0 atom stereocenters. The highest BCUT2D eigenvalue weighted by Crippen LogP contribution is 2.13. The number of nitrogens with two attached hydrogens (primary N) is 1. The fourth-order valence-corrected chi connectivity index (χ4v) is 1.67. The van der Waals surface area contributed by atoms with E-state index >= 15 is 0 Å². The van der Waals surface area contributed by atoms with E-state index in [1.807, 2.05) is 9.58 Å². The van der Waals surface area contributed by atoms with Crippen molar-refractivity contribution in [2.45, 2.75) is 13.1 Å². The van der Waals surface area contributed by atoms with Crippen LogP contribution in [0.3, 0.4) is 0 Å². The van der Waals surface area contributed by atoms with E-state index in [2.05, 4.69) is 5.10 Å². The van der Waals surface area contributed by atoms with Crippen LogP contribution in [-0.2, 0) is 17.9 Å². The molecule has 0 amide bonds. The molecule has 1 aliphatic heterocycles. The molecule has 14 heavy (non-hydrogen) atoms. The molecule has 1 aliphatic rings. The van der Waals surface area contributed by atoms with E-state index in [-0.39, 0.29) is 6.54 Å². The molecule has 3 N–H and O–H groups in total. The lowest BCUT2D eigenvalue weighted by Crippen LogP contribution is -2.37. The van der Waals surface area contributed by atoms with Gasteiger partial charge in [-0.2, -0.15) is 5.10 Å². The lowest BCUT2D eigenvalue weighted by molar-refractivity contribution is -0.138. The zero-order valence-corrected chi connectivity index (χ0v) is 7.68. The Morgan fingerprint density at radius 3 is 3.14 bits per heavy atom. The summed E-state index contributed by atoms with van der Waals surface area (Å²) < 4.78 is 1.83. The Labute approximate surface area is 80.9 Å². The molecule has 0 bridgehead atoms. The number of aromatic nitrogens is 2. The summed E-state index contributed by atoms with van der Waals surface area (Å²) in [5.41, 5.74) is 6.52. The lowest BCUT2D eigenvalue weighted by Gasteiger charge is -2.25. The molecular weight excluding hydrogens is 184 g/mol. The average Bonchev–Trinajstić information content (AvgIpc) is 2.42. The lowest BCUT2D eigenvalue weighted by atomic mass is 10.3. The maximum atomic E-state index is 10.5. The average molecular weight is 196 g/mol. The monoisotopic (exact) mass is 196 g/mol. The van der Waals surface area contributed by atoms with Crippen molar-refractivity contribution in [3.05, 3.63) is 11.8 Å². The Morgan fingerprint density at radius 1 is 1.64 bits per heavy atom. The minimum absolute atomic E-state index is 0.0745. The number of carboxylic acids is 1. The number of carbonyl (C=O) groups is 1. The van der Waals surface area contributed by atoms with E-state index in [1.54, 1.807) is 6.07 Å². The van der Waals surface area contributed by atoms with Crippen LogP contribution in [0.25, 0.3) is 0 Å². The van der Waals surface area contributed by atoms with Crippen molar-refractivity contribution in [3.63, 3.8) is 0 Å². The summed E-state index contributed by atoms with van der Waals surface area (Å²) in [5, 5.41) is 12.7. The SMILES string of the molecule is Nc1cc2n(n1)CCN(CC(=O)O)C2. The third-order valence-corrected chi connectivity index (χ3v) is 2.25. The van der Waals surface area contributed by atoms with E-state index in [0.717, 1.165) is 5.69 Å². The molecule has 6 nitrogen and oxygen atoms in total. The van der Waals surface area contributed by atoms with Crippen molar-refractivity contribution in [1.29, 1.82) is 0 Å². The Hall–Kier alpha value is -1.56. The number of rotatable bonds is 2. The van der Waals surface area contributed by atoms with Crippen LogP contribution in [0, 0.1) is 0 Å². The molecule has 76 valence electrons. The van der Waals surface area contributed by atoms with Gasteiger partial charge in [0.25, 0.3) is 0 Å². The minimum atomic E-state index is -0.800. The molecule has 0 saturated carbocycles. The van der Waals surface area contributed by atoms with Gasteiger partial charge in [0, 0.05) is 19.2 Å². The molecule has 0 aliphatic carbocycles. The summed E-state index contributed by atoms with van der Waals surface area (Å²) in [6, 6.07) is 1.79. The molecular formula is C8H12N4O2. The summed E-state index contributed by atoms with van der Waals surface area (Å²) in [6.07, 6.45) is 0. The highest BCUT2D eigenvalue weighted by atomic mass is 16.4. The first-order valence-corrected chi connectivity index (χ1v) is 4.41. The smallest absolute Gasteiger partial charge is 0.317 e. The number of hydrogen-bond acceptors (Lipinski definition) is 4. The van der Waals surface area contributed by atoms with E-state index in [1.165, 1.54) is 0 Å². The third kappa shape index (κ3) is 1.69. The predicted octanol–water partition coefficient (Wildman–Crippen LogP) is -0.634. The molecule has 1 aromatic heterocycles. The fraction of sp³-hybridized carbons (Fsp3) is 0.500. The summed E-state index contributed by atoms with van der Waals surface area (Å²) in [6.45, 7) is 2.10. The molecule has 0 saturated heterocycles. The van der Waals surface area contributed by atoms with Crippen LogP contribution in [-0.4, -0.2) is 38.8 Å². The van der Waals surface area contributed by atoms with Crippen LogP contribution in [0.15, 0.2) is 6.07 Å². The highest BCUT2D eigenvalue weighted by molar-refractivity contribution is 5.69. The normalized spacial score (nSPS) is 16.6. The van der Waals surface area contributed by atoms with Gasteiger partial charge in [-0.05, 0) is 0 Å². The van der Waals surface area contributed by atoms with Gasteiger partial charge >= 0.3 is 5.97 Å². The number of nitrogen functional groups attached to an aromatic ring is 1. The van der Waals surface area contributed by atoms with Crippen molar-refractivity contribution < 1.29 is 9.90 Å². The second-order valence-electron chi connectivity index (χ2n) is 3.39. The molecule has 6 heteroatoms. The van der Waals surface area contributed by atoms with Gasteiger partial charge in [-0.1, -0.05) is 0 Å². The van der Waals surface area contributed by atoms with Crippen LogP contribution in [0.4, 0.5) is 5.82 Å². The van der Waals surface area contributed by atoms with E-state index in [0.29, 0.717) is 25.5 Å². The van der Waals surface area contributed by atoms with Crippen LogP contribution in [0.1, 0.15) is 5.69 Å². The van der Waals surface area contributed by atoms with Gasteiger partial charge in [-0.25, -0.2) is 0 Å². The number of anilines is 1. The molecule has 0 aromatic carbocycles. The van der Waals surface area contributed by atoms with Gasteiger partial charge in [-0.3, -0.25) is 14.4 Å². The summed E-state index contributed by atoms with van der Waals surface area (Å²) in [4.78, 5) is 12.4. The maximum Gasteiger partial charge on any atom is 0.317 e. The quantitative estimate of drug-likeness (QED) is 0.657. The van der Waals surface area contributed by atoms with Gasteiger partial charge in [0.2, 0.25) is 0 Å². The Balaban J connectivity index is 2.09. The van der Waals surface area contributed by atoms with Gasteiger partial charge in [0.05, 0.1) is 18.8 Å². The predicted molar refractivity (Wildman–Crippen MR) is 49.6 cm³/mol. The molecule has 0 spiro atoms. The Bertz CT molecular complexity index is 360. The fourth-order valence-electron chi connectivity index (χ4n) is 1.67. The first-order valence-electron chi connectivity index (χ1n) is 4.41. The molecule has 2 rings (SSSR count). The first kappa shape index (κ1) is 9.01. The topological polar surface area (TPSA) is 84.4 Å². The molecule has 0 unspecified atom stereocenters. The van der Waals surface area contributed by atoms with Crippen LogP contribution < -0.4 is 5.73 Å². The largest absolute Gasteiger partial charge is 0.480 e. The van der Waals surface area contributed by atoms with E-state index < -0.39 is 5.97 Å². The zero-order chi connectivity index (χ0) is 10.1. The summed E-state index contributed by atoms with van der Waals surface area (Å²) in [7, 11) is 0. The summed E-state index contributed by atoms with van der Waals surface area (Å²) in [5.74, 6) is -0.303. The van der Waals surface area contributed by atoms with Gasteiger partial charge < -0.3 is 10.8 Å². The third-order valence-electron chi connectivity index (χ3n) is 2.25. The van der Waals surface area contributed by atoms with Gasteiger partial charge in [-0.15, -0.1) is 0 Å². The van der Waals surface area contributed by atoms with E-state index in [9.17, 15) is 4.79 Å². The number of nitrogens with zero attached hydrogens (tertiary/aromatic N) is 3. The number of carboxylic acid groups (broad SMARTS) is 1. The number of hydrogen-bond donors (Lipinski definition) is 2. The molecule has 0 fully saturated rings. The van der Waals surface area contributed by atoms with Crippen molar-refractivity contribution in [2.24, 2.45) is 0 Å². The van der Waals surface area contributed by atoms with Gasteiger partial charge in [0.15, 0.2) is 0 Å². The van der Waals surface area contributed by atoms with E-state index in [4.69, 9.17) is 10.8 Å². The standard InChI is InChI=1S/C8H12N4O2/c9-7-3-6-4-11(5-8(13)14)1-2-12(6)10-7/h3H,1-2,4-5H2,(H2,9,10)(H,13,14). The molecule has 0 radical (unpaired) electrons. The van der Waals surface area contributed by atoms with Crippen molar-refractivity contribution in [1.82, 2.24) is 14.7 Å². The summed E-state index contributed by atoms with van der Waals surface area (Å²) >= 11 is 0. The number of fused-ring (bicyclic) bond motifs is 1. The second-order valence-corrected chi connectivity index (χ2v) is 3.39. The van der Waals surface area contributed by atoms with Crippen molar-refractivity contribution in [3.8, 4) is 0 Å².